The number of nitrogens with zero attached hydrogens (tertiary/aromatic N) is 2. The van der Waals surface area contributed by atoms with Gasteiger partial charge in [-0.3, -0.25) is 9.11 Å². The van der Waals surface area contributed by atoms with Gasteiger partial charge in [-0.05, 0) is 60.7 Å². The van der Waals surface area contributed by atoms with Gasteiger partial charge in [0.25, 0.3) is 0 Å². The van der Waals surface area contributed by atoms with E-state index in [0.29, 0.717) is 44.9 Å². The van der Waals surface area contributed by atoms with Crippen LogP contribution in [0.2, 0.25) is 5.02 Å². The van der Waals surface area contributed by atoms with E-state index in [2.05, 4.69) is 4.90 Å². The Morgan fingerprint density at radius 1 is 1.03 bits per heavy atom. The molecular formula is C29H31ClN2O6S. The highest BCUT2D eigenvalue weighted by Gasteiger charge is 2.41. The summed E-state index contributed by atoms with van der Waals surface area (Å²) in [6.07, 6.45) is 5.57. The van der Waals surface area contributed by atoms with Gasteiger partial charge in [0.2, 0.25) is 6.79 Å². The molecule has 1 aliphatic carbocycles. The molecule has 1 fully saturated rings. The summed E-state index contributed by atoms with van der Waals surface area (Å²) < 4.78 is 36.3. The molecule has 3 aliphatic rings. The molecule has 8 nitrogen and oxygen atoms in total. The molecule has 39 heavy (non-hydrogen) atoms. The summed E-state index contributed by atoms with van der Waals surface area (Å²) in [6, 6.07) is 16.4. The summed E-state index contributed by atoms with van der Waals surface area (Å²) in [5, 5.41) is 10.2. The lowest BCUT2D eigenvalue weighted by Gasteiger charge is -2.46. The fourth-order valence-electron chi connectivity index (χ4n) is 6.08. The molecule has 0 aromatic heterocycles. The zero-order chi connectivity index (χ0) is 27.3. The van der Waals surface area contributed by atoms with E-state index in [-0.39, 0.29) is 24.1 Å². The Bertz CT molecular complexity index is 1410. The summed E-state index contributed by atoms with van der Waals surface area (Å²) in [5.74, 6) is -0.342. The zero-order valence-corrected chi connectivity index (χ0v) is 23.1. The molecule has 3 aromatic rings. The van der Waals surface area contributed by atoms with Crippen LogP contribution in [0.25, 0.3) is 11.1 Å². The van der Waals surface area contributed by atoms with Gasteiger partial charge in [0.15, 0.2) is 11.5 Å². The van der Waals surface area contributed by atoms with Crippen molar-refractivity contribution in [3.8, 4) is 22.6 Å². The third kappa shape index (κ3) is 4.62. The number of halogens is 1. The highest BCUT2D eigenvalue weighted by molar-refractivity contribution is 8.22. The van der Waals surface area contributed by atoms with E-state index in [9.17, 15) is 19.0 Å². The number of hydrogen-bond acceptors (Lipinski definition) is 7. The molecule has 0 radical (unpaired) electrons. The van der Waals surface area contributed by atoms with Crippen molar-refractivity contribution in [2.24, 2.45) is 5.92 Å². The Balaban J connectivity index is 1.53. The maximum Gasteiger partial charge on any atom is 0.339 e. The van der Waals surface area contributed by atoms with E-state index in [1.807, 2.05) is 30.3 Å². The summed E-state index contributed by atoms with van der Waals surface area (Å²) >= 11 is 6.89. The van der Waals surface area contributed by atoms with Crippen LogP contribution in [0.5, 0.6) is 11.5 Å². The predicted octanol–water partition coefficient (Wildman–Crippen LogP) is 7.49. The zero-order valence-electron chi connectivity index (χ0n) is 21.5. The van der Waals surface area contributed by atoms with E-state index in [0.717, 1.165) is 31.4 Å². The standard InChI is InChI=1S/C29H31ClN2O6S/c1-31-25(18-8-4-2-5-9-18)16-32(20-10-6-3-7-11-20)24-15-23(30)21(14-27(24)39(31,35)36)19-12-22(29(33)34)28-26(13-19)37-17-38-28/h3,6-7,10-15,18,25,35-36H,2,4-5,8-9,16-17H2,1H3,(H,33,34). The van der Waals surface area contributed by atoms with Crippen LogP contribution in [0.1, 0.15) is 42.5 Å². The largest absolute Gasteiger partial charge is 0.478 e. The number of hydrogen-bond donors (Lipinski definition) is 3. The maximum atomic E-state index is 12.0. The molecular weight excluding hydrogens is 540 g/mol. The molecule has 3 N–H and O–H groups in total. The summed E-state index contributed by atoms with van der Waals surface area (Å²) in [7, 11) is -1.63. The first kappa shape index (κ1) is 26.3. The Morgan fingerprint density at radius 3 is 2.49 bits per heavy atom. The van der Waals surface area contributed by atoms with Crippen molar-refractivity contribution in [2.45, 2.75) is 43.0 Å². The molecule has 10 heteroatoms. The van der Waals surface area contributed by atoms with Crippen molar-refractivity contribution in [3.63, 3.8) is 0 Å². The van der Waals surface area contributed by atoms with Crippen molar-refractivity contribution < 1.29 is 28.5 Å². The smallest absolute Gasteiger partial charge is 0.339 e. The van der Waals surface area contributed by atoms with Gasteiger partial charge in [-0.2, -0.15) is 4.31 Å². The monoisotopic (exact) mass is 570 g/mol. The molecule has 2 heterocycles. The van der Waals surface area contributed by atoms with E-state index in [4.69, 9.17) is 21.1 Å². The quantitative estimate of drug-likeness (QED) is 0.296. The minimum absolute atomic E-state index is 0.0435. The number of fused-ring (bicyclic) bond motifs is 2. The molecule has 206 valence electrons. The van der Waals surface area contributed by atoms with Gasteiger partial charge in [0, 0.05) is 30.9 Å². The first-order valence-electron chi connectivity index (χ1n) is 13.1. The van der Waals surface area contributed by atoms with E-state index < -0.39 is 16.7 Å². The van der Waals surface area contributed by atoms with Gasteiger partial charge in [-0.25, -0.2) is 4.79 Å². The second kappa shape index (κ2) is 10.2. The van der Waals surface area contributed by atoms with Gasteiger partial charge < -0.3 is 19.5 Å². The van der Waals surface area contributed by atoms with Crippen LogP contribution in [0, 0.1) is 5.92 Å². The topological polar surface area (TPSA) is 103 Å². The van der Waals surface area contributed by atoms with Crippen LogP contribution in [-0.2, 0) is 0 Å². The first-order valence-corrected chi connectivity index (χ1v) is 15.0. The van der Waals surface area contributed by atoms with Crippen molar-refractivity contribution in [3.05, 3.63) is 65.2 Å². The number of anilines is 2. The Morgan fingerprint density at radius 2 is 1.77 bits per heavy atom. The normalized spacial score (nSPS) is 21.7. The fourth-order valence-corrected chi connectivity index (χ4v) is 8.00. The number of para-hydroxylation sites is 1. The number of rotatable bonds is 4. The van der Waals surface area contributed by atoms with Crippen molar-refractivity contribution >= 4 is 39.7 Å². The molecule has 0 bridgehead atoms. The number of benzene rings is 3. The Kier molecular flexibility index (Phi) is 6.89. The molecule has 3 aromatic carbocycles. The van der Waals surface area contributed by atoms with E-state index in [1.165, 1.54) is 12.5 Å². The fraction of sp³-hybridized carbons (Fsp3) is 0.345. The second-order valence-electron chi connectivity index (χ2n) is 10.3. The molecule has 0 amide bonds. The summed E-state index contributed by atoms with van der Waals surface area (Å²) in [5.41, 5.74) is 2.48. The average Bonchev–Trinajstić information content (AvgIpc) is 3.39. The number of carbonyl (C=O) groups is 1. The molecule has 2 aliphatic heterocycles. The molecule has 0 saturated heterocycles. The van der Waals surface area contributed by atoms with Gasteiger partial charge in [-0.1, -0.05) is 49.1 Å². The van der Waals surface area contributed by atoms with Gasteiger partial charge in [0.1, 0.15) is 5.56 Å². The Hall–Kier alpha value is -2.95. The van der Waals surface area contributed by atoms with Crippen LogP contribution in [-0.4, -0.2) is 50.9 Å². The predicted molar refractivity (Wildman–Crippen MR) is 153 cm³/mol. The van der Waals surface area contributed by atoms with Crippen molar-refractivity contribution in [1.29, 1.82) is 0 Å². The highest BCUT2D eigenvalue weighted by Crippen LogP contribution is 2.61. The van der Waals surface area contributed by atoms with Crippen LogP contribution in [0.4, 0.5) is 11.4 Å². The van der Waals surface area contributed by atoms with Crippen LogP contribution in [0.15, 0.2) is 59.5 Å². The third-order valence-corrected chi connectivity index (χ3v) is 10.5. The number of likely N-dealkylation sites (N-methyl/N-ethyl adjacent to an activating group) is 1. The lowest BCUT2D eigenvalue weighted by molar-refractivity contribution is 0.0692. The number of carboxylic acids is 1. The number of carboxylic acid groups (broad SMARTS) is 1. The van der Waals surface area contributed by atoms with Gasteiger partial charge in [-0.15, -0.1) is 10.8 Å². The third-order valence-electron chi connectivity index (χ3n) is 8.15. The maximum absolute atomic E-state index is 12.0. The number of aromatic carboxylic acids is 1. The molecule has 6 rings (SSSR count). The second-order valence-corrected chi connectivity index (χ2v) is 12.8. The van der Waals surface area contributed by atoms with E-state index >= 15 is 0 Å². The average molecular weight is 571 g/mol. The molecule has 0 spiro atoms. The van der Waals surface area contributed by atoms with E-state index in [1.54, 1.807) is 29.6 Å². The SMILES string of the molecule is CN1C(C2CCCCC2)CN(c2ccccc2)c2cc(Cl)c(-c3cc4c(c(C(=O)O)c3)OCO4)cc2S1(O)O. The lowest BCUT2D eigenvalue weighted by atomic mass is 9.83. The number of ether oxygens (including phenoxy) is 2. The van der Waals surface area contributed by atoms with Gasteiger partial charge in [0.05, 0.1) is 15.6 Å². The molecule has 1 saturated carbocycles. The summed E-state index contributed by atoms with van der Waals surface area (Å²) in [4.78, 5) is 14.5. The highest BCUT2D eigenvalue weighted by atomic mass is 35.5. The van der Waals surface area contributed by atoms with Crippen molar-refractivity contribution in [2.75, 3.05) is 25.3 Å². The lowest BCUT2D eigenvalue weighted by Crippen LogP contribution is -2.45. The van der Waals surface area contributed by atoms with Gasteiger partial charge >= 0.3 is 5.97 Å². The van der Waals surface area contributed by atoms with Crippen LogP contribution < -0.4 is 14.4 Å². The molecule has 1 unspecified atom stereocenters. The van der Waals surface area contributed by atoms with Crippen LogP contribution >= 0.6 is 22.4 Å². The Labute approximate surface area is 234 Å². The first-order chi connectivity index (χ1) is 18.8. The summed E-state index contributed by atoms with van der Waals surface area (Å²) in [6.45, 7) is 0.508. The van der Waals surface area contributed by atoms with Crippen molar-refractivity contribution in [1.82, 2.24) is 4.31 Å². The minimum atomic E-state index is -3.42. The minimum Gasteiger partial charge on any atom is -0.478 e. The molecule has 1 atom stereocenters. The van der Waals surface area contributed by atoms with Crippen LogP contribution in [0.3, 0.4) is 0 Å².